The van der Waals surface area contributed by atoms with Gasteiger partial charge in [0, 0.05) is 31.0 Å². The highest BCUT2D eigenvalue weighted by Gasteiger charge is 2.13. The maximum Gasteiger partial charge on any atom is 0.240 e. The molecular formula is C14H17Cl2N3O2. The monoisotopic (exact) mass is 329 g/mol. The molecule has 5 nitrogen and oxygen atoms in total. The maximum atomic E-state index is 12.0. The first-order chi connectivity index (χ1) is 10.2. The number of imidazole rings is 1. The second kappa shape index (κ2) is 7.64. The fraction of sp³-hybridized carbons (Fsp3) is 0.429. The van der Waals surface area contributed by atoms with Crippen LogP contribution < -0.4 is 5.32 Å². The second-order valence-corrected chi connectivity index (χ2v) is 5.34. The molecular weight excluding hydrogens is 313 g/mol. The number of hydrogen-bond acceptors (Lipinski definition) is 3. The minimum atomic E-state index is -0.0952. The van der Waals surface area contributed by atoms with Crippen LogP contribution in [0.1, 0.15) is 5.82 Å². The normalized spacial score (nSPS) is 11.0. The van der Waals surface area contributed by atoms with E-state index in [1.165, 1.54) is 0 Å². The number of nitrogens with one attached hydrogen (secondary N) is 1. The molecule has 21 heavy (non-hydrogen) atoms. The molecule has 0 saturated heterocycles. The number of ether oxygens (including phenoxy) is 1. The van der Waals surface area contributed by atoms with Gasteiger partial charge in [-0.05, 0) is 18.2 Å². The summed E-state index contributed by atoms with van der Waals surface area (Å²) in [5, 5.41) is 3.40. The number of rotatable bonds is 7. The lowest BCUT2D eigenvalue weighted by Gasteiger charge is -2.09. The van der Waals surface area contributed by atoms with Crippen LogP contribution >= 0.6 is 23.2 Å². The van der Waals surface area contributed by atoms with E-state index in [0.717, 1.165) is 16.9 Å². The zero-order chi connectivity index (χ0) is 15.2. The highest BCUT2D eigenvalue weighted by atomic mass is 35.5. The highest BCUT2D eigenvalue weighted by Crippen LogP contribution is 2.21. The number of hydrogen-bond donors (Lipinski definition) is 1. The van der Waals surface area contributed by atoms with Crippen LogP contribution in [0.3, 0.4) is 0 Å². The average Bonchev–Trinajstić information content (AvgIpc) is 2.77. The van der Waals surface area contributed by atoms with Gasteiger partial charge in [0.1, 0.15) is 12.4 Å². The molecule has 0 aliphatic carbocycles. The number of carbonyl (C=O) groups is 1. The maximum absolute atomic E-state index is 12.0. The molecule has 0 aliphatic rings. The Balaban J connectivity index is 2.24. The Morgan fingerprint density at radius 3 is 3.00 bits per heavy atom. The van der Waals surface area contributed by atoms with Crippen molar-refractivity contribution in [3.63, 3.8) is 0 Å². The molecule has 1 heterocycles. The topological polar surface area (TPSA) is 56.1 Å². The number of aryl methyl sites for hydroxylation is 1. The molecule has 0 spiro atoms. The summed E-state index contributed by atoms with van der Waals surface area (Å²) >= 11 is 11.8. The number of methoxy groups -OCH3 is 1. The van der Waals surface area contributed by atoms with Gasteiger partial charge in [-0.25, -0.2) is 4.98 Å². The third-order valence-corrected chi connectivity index (χ3v) is 3.46. The van der Waals surface area contributed by atoms with E-state index < -0.39 is 0 Å². The molecule has 2 aromatic rings. The van der Waals surface area contributed by atoms with Gasteiger partial charge in [-0.2, -0.15) is 0 Å². The van der Waals surface area contributed by atoms with E-state index in [1.54, 1.807) is 13.2 Å². The smallest absolute Gasteiger partial charge is 0.240 e. The van der Waals surface area contributed by atoms with Crippen molar-refractivity contribution in [2.45, 2.75) is 13.0 Å². The van der Waals surface area contributed by atoms with Gasteiger partial charge in [0.15, 0.2) is 0 Å². The summed E-state index contributed by atoms with van der Waals surface area (Å²) in [6, 6.07) is 5.43. The van der Waals surface area contributed by atoms with Gasteiger partial charge in [0.05, 0.1) is 17.6 Å². The summed E-state index contributed by atoms with van der Waals surface area (Å²) in [5.41, 5.74) is 1.65. The predicted octanol–water partition coefficient (Wildman–Crippen LogP) is 2.23. The lowest BCUT2D eigenvalue weighted by atomic mass is 10.3. The predicted molar refractivity (Wildman–Crippen MR) is 84.1 cm³/mol. The number of benzene rings is 1. The number of amides is 1. The first kappa shape index (κ1) is 16.1. The van der Waals surface area contributed by atoms with E-state index >= 15 is 0 Å². The summed E-state index contributed by atoms with van der Waals surface area (Å²) in [5.74, 6) is 1.13. The molecule has 0 aliphatic heterocycles. The largest absolute Gasteiger partial charge is 0.383 e. The van der Waals surface area contributed by atoms with Crippen LogP contribution in [0.15, 0.2) is 18.2 Å². The molecule has 2 rings (SSSR count). The SMILES string of the molecule is COCCNC(=O)Cn1c(CCCl)nc2ccc(Cl)cc21. The van der Waals surface area contributed by atoms with Crippen molar-refractivity contribution in [3.8, 4) is 0 Å². The molecule has 0 radical (unpaired) electrons. The van der Waals surface area contributed by atoms with Gasteiger partial charge < -0.3 is 14.6 Å². The first-order valence-electron chi connectivity index (χ1n) is 6.62. The molecule has 0 bridgehead atoms. The number of aromatic nitrogens is 2. The van der Waals surface area contributed by atoms with Crippen LogP contribution in [0.5, 0.6) is 0 Å². The van der Waals surface area contributed by atoms with E-state index in [0.29, 0.717) is 30.5 Å². The Labute approximate surface area is 133 Å². The molecule has 1 aromatic heterocycles. The van der Waals surface area contributed by atoms with Crippen LogP contribution in [-0.4, -0.2) is 41.6 Å². The first-order valence-corrected chi connectivity index (χ1v) is 7.53. The molecule has 0 saturated carbocycles. The van der Waals surface area contributed by atoms with E-state index in [-0.39, 0.29) is 12.5 Å². The Morgan fingerprint density at radius 2 is 2.29 bits per heavy atom. The number of nitrogens with zero attached hydrogens (tertiary/aromatic N) is 2. The van der Waals surface area contributed by atoms with E-state index in [1.807, 2.05) is 16.7 Å². The Morgan fingerprint density at radius 1 is 1.48 bits per heavy atom. The molecule has 1 N–H and O–H groups in total. The van der Waals surface area contributed by atoms with Gasteiger partial charge in [-0.3, -0.25) is 4.79 Å². The van der Waals surface area contributed by atoms with Crippen molar-refractivity contribution in [2.24, 2.45) is 0 Å². The van der Waals surface area contributed by atoms with Gasteiger partial charge in [0.2, 0.25) is 5.91 Å². The highest BCUT2D eigenvalue weighted by molar-refractivity contribution is 6.31. The zero-order valence-electron chi connectivity index (χ0n) is 11.7. The molecule has 0 unspecified atom stereocenters. The number of halogens is 2. The summed E-state index contributed by atoms with van der Waals surface area (Å²) in [7, 11) is 1.59. The van der Waals surface area contributed by atoms with Gasteiger partial charge in [0.25, 0.3) is 0 Å². The van der Waals surface area contributed by atoms with E-state index in [4.69, 9.17) is 27.9 Å². The molecule has 1 aromatic carbocycles. The van der Waals surface area contributed by atoms with Gasteiger partial charge in [-0.15, -0.1) is 11.6 Å². The number of fused-ring (bicyclic) bond motifs is 1. The zero-order valence-corrected chi connectivity index (χ0v) is 13.2. The van der Waals surface area contributed by atoms with Crippen molar-refractivity contribution in [1.29, 1.82) is 0 Å². The van der Waals surface area contributed by atoms with E-state index in [2.05, 4.69) is 10.3 Å². The minimum Gasteiger partial charge on any atom is -0.383 e. The molecule has 0 atom stereocenters. The van der Waals surface area contributed by atoms with Crippen LogP contribution in [0.2, 0.25) is 5.02 Å². The number of carbonyl (C=O) groups excluding carboxylic acids is 1. The van der Waals surface area contributed by atoms with Crippen molar-refractivity contribution < 1.29 is 9.53 Å². The second-order valence-electron chi connectivity index (χ2n) is 4.53. The van der Waals surface area contributed by atoms with Crippen molar-refractivity contribution in [1.82, 2.24) is 14.9 Å². The molecule has 1 amide bonds. The summed E-state index contributed by atoms with van der Waals surface area (Å²) in [6.45, 7) is 1.15. The Hall–Kier alpha value is -1.30. The molecule has 7 heteroatoms. The summed E-state index contributed by atoms with van der Waals surface area (Å²) < 4.78 is 6.76. The van der Waals surface area contributed by atoms with Crippen LogP contribution in [0.4, 0.5) is 0 Å². The van der Waals surface area contributed by atoms with Crippen LogP contribution in [0.25, 0.3) is 11.0 Å². The number of alkyl halides is 1. The lowest BCUT2D eigenvalue weighted by Crippen LogP contribution is -2.30. The fourth-order valence-corrected chi connectivity index (χ4v) is 2.42. The van der Waals surface area contributed by atoms with Gasteiger partial charge in [-0.1, -0.05) is 11.6 Å². The Bertz CT molecular complexity index is 628. The van der Waals surface area contributed by atoms with Crippen LogP contribution in [0, 0.1) is 0 Å². The molecule has 0 fully saturated rings. The average molecular weight is 330 g/mol. The van der Waals surface area contributed by atoms with E-state index in [9.17, 15) is 4.79 Å². The van der Waals surface area contributed by atoms with Crippen molar-refractivity contribution >= 4 is 40.1 Å². The fourth-order valence-electron chi connectivity index (χ4n) is 2.09. The summed E-state index contributed by atoms with van der Waals surface area (Å²) in [4.78, 5) is 16.5. The minimum absolute atomic E-state index is 0.0952. The Kier molecular flexibility index (Phi) is 5.85. The third kappa shape index (κ3) is 4.09. The van der Waals surface area contributed by atoms with Gasteiger partial charge >= 0.3 is 0 Å². The third-order valence-electron chi connectivity index (χ3n) is 3.04. The standard InChI is InChI=1S/C14H17Cl2N3O2/c1-21-7-6-17-14(20)9-19-12-8-10(16)2-3-11(12)18-13(19)4-5-15/h2-3,8H,4-7,9H2,1H3,(H,17,20). The quantitative estimate of drug-likeness (QED) is 0.626. The summed E-state index contributed by atoms with van der Waals surface area (Å²) in [6.07, 6.45) is 0.596. The lowest BCUT2D eigenvalue weighted by molar-refractivity contribution is -0.121. The van der Waals surface area contributed by atoms with Crippen molar-refractivity contribution in [3.05, 3.63) is 29.0 Å². The van der Waals surface area contributed by atoms with Crippen LogP contribution in [-0.2, 0) is 22.5 Å². The molecule has 114 valence electrons. The van der Waals surface area contributed by atoms with Crippen molar-refractivity contribution in [2.75, 3.05) is 26.1 Å².